The Morgan fingerprint density at radius 2 is 2.30 bits per heavy atom. The monoisotopic (exact) mass is 275 g/mol. The summed E-state index contributed by atoms with van der Waals surface area (Å²) in [6, 6.07) is 0.288. The topological polar surface area (TPSA) is 104 Å². The van der Waals surface area contributed by atoms with Gasteiger partial charge in [-0.1, -0.05) is 0 Å². The first-order chi connectivity index (χ1) is 9.70. The SMILES string of the molecule is CC1CC(Nc2nc(N)nc(-n3ccnc3)n2)CCO1. The van der Waals surface area contributed by atoms with Gasteiger partial charge in [-0.25, -0.2) is 4.98 Å². The molecule has 1 saturated heterocycles. The zero-order valence-corrected chi connectivity index (χ0v) is 11.2. The van der Waals surface area contributed by atoms with E-state index in [1.165, 1.54) is 0 Å². The first kappa shape index (κ1) is 12.8. The number of ether oxygens (including phenoxy) is 1. The Morgan fingerprint density at radius 1 is 1.40 bits per heavy atom. The smallest absolute Gasteiger partial charge is 0.241 e. The average molecular weight is 275 g/mol. The van der Waals surface area contributed by atoms with Crippen molar-refractivity contribution in [3.63, 3.8) is 0 Å². The molecular formula is C12H17N7O. The number of aromatic nitrogens is 5. The van der Waals surface area contributed by atoms with Crippen molar-refractivity contribution >= 4 is 11.9 Å². The maximum absolute atomic E-state index is 5.74. The first-order valence-corrected chi connectivity index (χ1v) is 6.59. The molecule has 3 heterocycles. The van der Waals surface area contributed by atoms with Crippen LogP contribution >= 0.6 is 0 Å². The van der Waals surface area contributed by atoms with Gasteiger partial charge in [0.15, 0.2) is 0 Å². The van der Waals surface area contributed by atoms with Crippen LogP contribution < -0.4 is 11.1 Å². The number of anilines is 2. The lowest BCUT2D eigenvalue weighted by Gasteiger charge is -2.27. The molecule has 1 fully saturated rings. The fourth-order valence-corrected chi connectivity index (χ4v) is 2.25. The predicted molar refractivity (Wildman–Crippen MR) is 73.4 cm³/mol. The molecule has 8 nitrogen and oxygen atoms in total. The quantitative estimate of drug-likeness (QED) is 0.846. The summed E-state index contributed by atoms with van der Waals surface area (Å²) in [5.74, 6) is 1.13. The van der Waals surface area contributed by atoms with E-state index in [-0.39, 0.29) is 18.1 Å². The molecule has 0 bridgehead atoms. The van der Waals surface area contributed by atoms with E-state index in [0.29, 0.717) is 11.9 Å². The Kier molecular flexibility index (Phi) is 3.46. The van der Waals surface area contributed by atoms with Crippen LogP contribution in [-0.2, 0) is 4.74 Å². The molecule has 0 spiro atoms. The minimum atomic E-state index is 0.186. The number of hydrogen-bond donors (Lipinski definition) is 2. The molecule has 2 aromatic rings. The van der Waals surface area contributed by atoms with E-state index in [4.69, 9.17) is 10.5 Å². The Bertz CT molecular complexity index is 571. The minimum absolute atomic E-state index is 0.186. The molecule has 2 atom stereocenters. The standard InChI is InChI=1S/C12H17N7O/c1-8-6-9(2-5-20-8)15-11-16-10(13)17-12(18-11)19-4-3-14-7-19/h3-4,7-9H,2,5-6H2,1H3,(H3,13,15,16,17,18). The normalized spacial score (nSPS) is 22.6. The van der Waals surface area contributed by atoms with Crippen molar-refractivity contribution in [2.24, 2.45) is 0 Å². The number of rotatable bonds is 3. The first-order valence-electron chi connectivity index (χ1n) is 6.59. The van der Waals surface area contributed by atoms with Crippen LogP contribution in [0.2, 0.25) is 0 Å². The zero-order chi connectivity index (χ0) is 13.9. The average Bonchev–Trinajstić information content (AvgIpc) is 2.91. The van der Waals surface area contributed by atoms with E-state index >= 15 is 0 Å². The second-order valence-electron chi connectivity index (χ2n) is 4.83. The van der Waals surface area contributed by atoms with Crippen molar-refractivity contribution in [2.45, 2.75) is 31.9 Å². The molecular weight excluding hydrogens is 258 g/mol. The number of nitrogens with zero attached hydrogens (tertiary/aromatic N) is 5. The van der Waals surface area contributed by atoms with Crippen LogP contribution in [0, 0.1) is 0 Å². The predicted octanol–water partition coefficient (Wildman–Crippen LogP) is 0.619. The molecule has 1 aliphatic heterocycles. The summed E-state index contributed by atoms with van der Waals surface area (Å²) in [5.41, 5.74) is 5.74. The van der Waals surface area contributed by atoms with Crippen molar-refractivity contribution in [3.05, 3.63) is 18.7 Å². The number of nitrogen functional groups attached to an aromatic ring is 1. The highest BCUT2D eigenvalue weighted by Crippen LogP contribution is 2.17. The van der Waals surface area contributed by atoms with Crippen molar-refractivity contribution in [1.82, 2.24) is 24.5 Å². The second-order valence-corrected chi connectivity index (χ2v) is 4.83. The van der Waals surface area contributed by atoms with Crippen molar-refractivity contribution < 1.29 is 4.74 Å². The van der Waals surface area contributed by atoms with Gasteiger partial charge >= 0.3 is 0 Å². The van der Waals surface area contributed by atoms with E-state index in [2.05, 4.69) is 32.2 Å². The maximum Gasteiger partial charge on any atom is 0.241 e. The largest absolute Gasteiger partial charge is 0.378 e. The molecule has 20 heavy (non-hydrogen) atoms. The highest BCUT2D eigenvalue weighted by molar-refractivity contribution is 5.36. The Balaban J connectivity index is 1.79. The van der Waals surface area contributed by atoms with Crippen LogP contribution in [0.25, 0.3) is 5.95 Å². The Labute approximate surface area is 116 Å². The minimum Gasteiger partial charge on any atom is -0.378 e. The third-order valence-electron chi connectivity index (χ3n) is 3.19. The van der Waals surface area contributed by atoms with E-state index in [1.807, 2.05) is 0 Å². The van der Waals surface area contributed by atoms with Crippen LogP contribution in [0.5, 0.6) is 0 Å². The van der Waals surface area contributed by atoms with Gasteiger partial charge in [-0.2, -0.15) is 15.0 Å². The van der Waals surface area contributed by atoms with Gasteiger partial charge in [-0.15, -0.1) is 0 Å². The van der Waals surface area contributed by atoms with Gasteiger partial charge < -0.3 is 15.8 Å². The summed E-state index contributed by atoms with van der Waals surface area (Å²) in [4.78, 5) is 16.6. The lowest BCUT2D eigenvalue weighted by atomic mass is 10.0. The molecule has 2 aromatic heterocycles. The van der Waals surface area contributed by atoms with E-state index < -0.39 is 0 Å². The Hall–Kier alpha value is -2.22. The van der Waals surface area contributed by atoms with Crippen LogP contribution in [0.15, 0.2) is 18.7 Å². The number of imidazole rings is 1. The fraction of sp³-hybridized carbons (Fsp3) is 0.500. The lowest BCUT2D eigenvalue weighted by molar-refractivity contribution is 0.0231. The molecule has 0 aliphatic carbocycles. The number of nitrogens with one attached hydrogen (secondary N) is 1. The van der Waals surface area contributed by atoms with E-state index in [9.17, 15) is 0 Å². The highest BCUT2D eigenvalue weighted by atomic mass is 16.5. The van der Waals surface area contributed by atoms with Gasteiger partial charge in [0.25, 0.3) is 0 Å². The molecule has 3 rings (SSSR count). The molecule has 106 valence electrons. The summed E-state index contributed by atoms with van der Waals surface area (Å²) < 4.78 is 7.21. The van der Waals surface area contributed by atoms with Gasteiger partial charge in [0.05, 0.1) is 6.10 Å². The van der Waals surface area contributed by atoms with Crippen molar-refractivity contribution in [3.8, 4) is 5.95 Å². The lowest BCUT2D eigenvalue weighted by Crippen LogP contribution is -2.33. The highest BCUT2D eigenvalue weighted by Gasteiger charge is 2.20. The van der Waals surface area contributed by atoms with Crippen LogP contribution in [0.1, 0.15) is 19.8 Å². The summed E-state index contributed by atoms with van der Waals surface area (Å²) in [6.45, 7) is 2.81. The third kappa shape index (κ3) is 2.85. The molecule has 3 N–H and O–H groups in total. The van der Waals surface area contributed by atoms with Gasteiger partial charge in [-0.05, 0) is 19.8 Å². The summed E-state index contributed by atoms with van der Waals surface area (Å²) >= 11 is 0. The maximum atomic E-state index is 5.74. The number of hydrogen-bond acceptors (Lipinski definition) is 7. The van der Waals surface area contributed by atoms with Crippen molar-refractivity contribution in [1.29, 1.82) is 0 Å². The molecule has 0 saturated carbocycles. The van der Waals surface area contributed by atoms with Gasteiger partial charge in [-0.3, -0.25) is 4.57 Å². The zero-order valence-electron chi connectivity index (χ0n) is 11.2. The molecule has 0 amide bonds. The third-order valence-corrected chi connectivity index (χ3v) is 3.19. The molecule has 0 radical (unpaired) electrons. The van der Waals surface area contributed by atoms with Crippen LogP contribution in [-0.4, -0.2) is 43.3 Å². The Morgan fingerprint density at radius 3 is 3.05 bits per heavy atom. The van der Waals surface area contributed by atoms with E-state index in [1.54, 1.807) is 23.3 Å². The van der Waals surface area contributed by atoms with Gasteiger partial charge in [0.2, 0.25) is 17.8 Å². The second kappa shape index (κ2) is 5.41. The fourth-order valence-electron chi connectivity index (χ4n) is 2.25. The molecule has 2 unspecified atom stereocenters. The number of nitrogens with two attached hydrogens (primary N) is 1. The van der Waals surface area contributed by atoms with Crippen LogP contribution in [0.4, 0.5) is 11.9 Å². The van der Waals surface area contributed by atoms with Gasteiger partial charge in [0.1, 0.15) is 6.33 Å². The van der Waals surface area contributed by atoms with Crippen LogP contribution in [0.3, 0.4) is 0 Å². The molecule has 8 heteroatoms. The summed E-state index contributed by atoms with van der Waals surface area (Å²) in [6.07, 6.45) is 7.13. The van der Waals surface area contributed by atoms with Crippen molar-refractivity contribution in [2.75, 3.05) is 17.7 Å². The van der Waals surface area contributed by atoms with E-state index in [0.717, 1.165) is 19.4 Å². The van der Waals surface area contributed by atoms with Gasteiger partial charge in [0, 0.05) is 25.0 Å². The molecule has 0 aromatic carbocycles. The molecule has 1 aliphatic rings. The summed E-state index contributed by atoms with van der Waals surface area (Å²) in [7, 11) is 0. The summed E-state index contributed by atoms with van der Waals surface area (Å²) in [5, 5.41) is 3.30.